The van der Waals surface area contributed by atoms with Gasteiger partial charge in [0.15, 0.2) is 5.82 Å². The van der Waals surface area contributed by atoms with Crippen LogP contribution in [-0.2, 0) is 19.4 Å². The molecule has 0 atom stereocenters. The van der Waals surface area contributed by atoms with Crippen molar-refractivity contribution in [1.29, 1.82) is 0 Å². The summed E-state index contributed by atoms with van der Waals surface area (Å²) in [6.07, 6.45) is 3.79. The van der Waals surface area contributed by atoms with Gasteiger partial charge >= 0.3 is 0 Å². The van der Waals surface area contributed by atoms with Gasteiger partial charge < -0.3 is 5.32 Å². The highest BCUT2D eigenvalue weighted by Crippen LogP contribution is 2.26. The van der Waals surface area contributed by atoms with Crippen LogP contribution >= 0.6 is 0 Å². The number of pyridine rings is 1. The van der Waals surface area contributed by atoms with Gasteiger partial charge in [-0.15, -0.1) is 0 Å². The Morgan fingerprint density at radius 1 is 1.29 bits per heavy atom. The number of nitrogens with zero attached hydrogens (tertiary/aromatic N) is 3. The fourth-order valence-corrected chi connectivity index (χ4v) is 2.90. The zero-order valence-electron chi connectivity index (χ0n) is 13.0. The lowest BCUT2D eigenvalue weighted by Gasteiger charge is -2.22. The SMILES string of the molecule is CCc1cccnc1-c1nc2c(c(C(C)C)n1)CCNC2. The van der Waals surface area contributed by atoms with Crippen LogP contribution < -0.4 is 5.32 Å². The number of hydrogen-bond donors (Lipinski definition) is 1. The number of hydrogen-bond acceptors (Lipinski definition) is 4. The summed E-state index contributed by atoms with van der Waals surface area (Å²) in [5.74, 6) is 1.19. The average Bonchev–Trinajstić information content (AvgIpc) is 2.53. The highest BCUT2D eigenvalue weighted by molar-refractivity contribution is 5.56. The molecular formula is C17H22N4. The summed E-state index contributed by atoms with van der Waals surface area (Å²) in [5.41, 5.74) is 5.79. The van der Waals surface area contributed by atoms with Gasteiger partial charge in [0.2, 0.25) is 0 Å². The molecule has 0 aromatic carbocycles. The second-order valence-corrected chi connectivity index (χ2v) is 5.80. The summed E-state index contributed by atoms with van der Waals surface area (Å²) >= 11 is 0. The van der Waals surface area contributed by atoms with Crippen molar-refractivity contribution in [1.82, 2.24) is 20.3 Å². The molecule has 0 saturated heterocycles. The quantitative estimate of drug-likeness (QED) is 0.940. The zero-order valence-corrected chi connectivity index (χ0v) is 13.0. The van der Waals surface area contributed by atoms with E-state index in [0.717, 1.165) is 43.1 Å². The maximum absolute atomic E-state index is 4.86. The third-order valence-electron chi connectivity index (χ3n) is 4.00. The van der Waals surface area contributed by atoms with Gasteiger partial charge in [-0.05, 0) is 42.5 Å². The summed E-state index contributed by atoms with van der Waals surface area (Å²) < 4.78 is 0. The van der Waals surface area contributed by atoms with Crippen molar-refractivity contribution >= 4 is 0 Å². The van der Waals surface area contributed by atoms with Crippen LogP contribution in [-0.4, -0.2) is 21.5 Å². The molecule has 1 aliphatic rings. The van der Waals surface area contributed by atoms with E-state index in [1.165, 1.54) is 16.8 Å². The molecule has 0 spiro atoms. The zero-order chi connectivity index (χ0) is 14.8. The molecule has 2 aromatic rings. The molecule has 4 heteroatoms. The minimum atomic E-state index is 0.410. The molecule has 3 rings (SSSR count). The van der Waals surface area contributed by atoms with Crippen molar-refractivity contribution in [2.45, 2.75) is 46.1 Å². The van der Waals surface area contributed by atoms with E-state index in [0.29, 0.717) is 5.92 Å². The highest BCUT2D eigenvalue weighted by atomic mass is 15.0. The van der Waals surface area contributed by atoms with Gasteiger partial charge in [0.1, 0.15) is 5.69 Å². The smallest absolute Gasteiger partial charge is 0.178 e. The average molecular weight is 282 g/mol. The molecule has 4 nitrogen and oxygen atoms in total. The van der Waals surface area contributed by atoms with Crippen LogP contribution in [0.5, 0.6) is 0 Å². The monoisotopic (exact) mass is 282 g/mol. The molecule has 1 aliphatic heterocycles. The van der Waals surface area contributed by atoms with E-state index in [1.807, 2.05) is 12.3 Å². The van der Waals surface area contributed by atoms with Crippen molar-refractivity contribution in [2.24, 2.45) is 0 Å². The van der Waals surface area contributed by atoms with Crippen LogP contribution in [0.4, 0.5) is 0 Å². The van der Waals surface area contributed by atoms with Gasteiger partial charge in [-0.1, -0.05) is 26.8 Å². The van der Waals surface area contributed by atoms with Crippen LogP contribution in [0, 0.1) is 0 Å². The summed E-state index contributed by atoms with van der Waals surface area (Å²) in [7, 11) is 0. The van der Waals surface area contributed by atoms with Crippen molar-refractivity contribution in [3.63, 3.8) is 0 Å². The largest absolute Gasteiger partial charge is 0.311 e. The van der Waals surface area contributed by atoms with Gasteiger partial charge in [-0.2, -0.15) is 0 Å². The van der Waals surface area contributed by atoms with Crippen molar-refractivity contribution in [2.75, 3.05) is 6.54 Å². The van der Waals surface area contributed by atoms with Gasteiger partial charge in [-0.25, -0.2) is 9.97 Å². The molecule has 0 fully saturated rings. The Bertz CT molecular complexity index is 649. The van der Waals surface area contributed by atoms with Gasteiger partial charge in [-0.3, -0.25) is 4.98 Å². The van der Waals surface area contributed by atoms with Gasteiger partial charge in [0.25, 0.3) is 0 Å². The van der Waals surface area contributed by atoms with E-state index in [4.69, 9.17) is 9.97 Å². The first-order valence-electron chi connectivity index (χ1n) is 7.75. The number of nitrogens with one attached hydrogen (secondary N) is 1. The lowest BCUT2D eigenvalue weighted by atomic mass is 9.97. The lowest BCUT2D eigenvalue weighted by molar-refractivity contribution is 0.609. The molecule has 2 aromatic heterocycles. The van der Waals surface area contributed by atoms with Crippen LogP contribution in [0.15, 0.2) is 18.3 Å². The highest BCUT2D eigenvalue weighted by Gasteiger charge is 2.20. The fraction of sp³-hybridized carbons (Fsp3) is 0.471. The lowest BCUT2D eigenvalue weighted by Crippen LogP contribution is -2.27. The maximum atomic E-state index is 4.86. The first kappa shape index (κ1) is 14.1. The van der Waals surface area contributed by atoms with Crippen molar-refractivity contribution < 1.29 is 0 Å². The molecule has 110 valence electrons. The normalized spacial score (nSPS) is 14.3. The summed E-state index contributed by atoms with van der Waals surface area (Å²) in [6.45, 7) is 8.39. The molecule has 0 bridgehead atoms. The molecule has 3 heterocycles. The Kier molecular flexibility index (Phi) is 3.97. The van der Waals surface area contributed by atoms with Crippen molar-refractivity contribution in [3.05, 3.63) is 40.8 Å². The van der Waals surface area contributed by atoms with Crippen LogP contribution in [0.2, 0.25) is 0 Å². The van der Waals surface area contributed by atoms with Gasteiger partial charge in [0, 0.05) is 12.7 Å². The fourth-order valence-electron chi connectivity index (χ4n) is 2.90. The van der Waals surface area contributed by atoms with Crippen LogP contribution in [0.25, 0.3) is 11.5 Å². The molecule has 0 aliphatic carbocycles. The van der Waals surface area contributed by atoms with E-state index < -0.39 is 0 Å². The van der Waals surface area contributed by atoms with Crippen LogP contribution in [0.1, 0.15) is 49.2 Å². The summed E-state index contributed by atoms with van der Waals surface area (Å²) in [6, 6.07) is 4.09. The Morgan fingerprint density at radius 2 is 2.14 bits per heavy atom. The second-order valence-electron chi connectivity index (χ2n) is 5.80. The third-order valence-corrected chi connectivity index (χ3v) is 4.00. The van der Waals surface area contributed by atoms with E-state index in [-0.39, 0.29) is 0 Å². The molecule has 1 N–H and O–H groups in total. The standard InChI is InChI=1S/C17H22N4/c1-4-12-6-5-8-19-16(12)17-20-14-10-18-9-7-13(14)15(21-17)11(2)3/h5-6,8,11,18H,4,7,9-10H2,1-3H3. The summed E-state index contributed by atoms with van der Waals surface area (Å²) in [4.78, 5) is 14.2. The predicted molar refractivity (Wildman–Crippen MR) is 84.1 cm³/mol. The minimum Gasteiger partial charge on any atom is -0.311 e. The molecule has 0 amide bonds. The first-order chi connectivity index (χ1) is 10.2. The Labute approximate surface area is 126 Å². The predicted octanol–water partition coefficient (Wildman–Crippen LogP) is 2.87. The van der Waals surface area contributed by atoms with Gasteiger partial charge in [0.05, 0.1) is 11.4 Å². The van der Waals surface area contributed by atoms with E-state index in [1.54, 1.807) is 0 Å². The van der Waals surface area contributed by atoms with E-state index >= 15 is 0 Å². The minimum absolute atomic E-state index is 0.410. The second kappa shape index (κ2) is 5.90. The Balaban J connectivity index is 2.17. The van der Waals surface area contributed by atoms with Crippen molar-refractivity contribution in [3.8, 4) is 11.5 Å². The third kappa shape index (κ3) is 2.68. The van der Waals surface area contributed by atoms with Crippen LogP contribution in [0.3, 0.4) is 0 Å². The molecule has 0 saturated carbocycles. The Hall–Kier alpha value is -1.81. The maximum Gasteiger partial charge on any atom is 0.178 e. The van der Waals surface area contributed by atoms with E-state index in [2.05, 4.69) is 37.1 Å². The Morgan fingerprint density at radius 3 is 2.90 bits per heavy atom. The summed E-state index contributed by atoms with van der Waals surface area (Å²) in [5, 5.41) is 3.40. The molecule has 0 radical (unpaired) electrons. The number of rotatable bonds is 3. The number of fused-ring (bicyclic) bond motifs is 1. The van der Waals surface area contributed by atoms with E-state index in [9.17, 15) is 0 Å². The number of aromatic nitrogens is 3. The topological polar surface area (TPSA) is 50.7 Å². The first-order valence-corrected chi connectivity index (χ1v) is 7.75. The molecule has 0 unspecified atom stereocenters. The molecule has 21 heavy (non-hydrogen) atoms. The number of aryl methyl sites for hydroxylation is 1. The molecular weight excluding hydrogens is 260 g/mol.